The molecule has 2 heterocycles. The molecule has 2 aromatic carbocycles. The number of allylic oxidation sites excluding steroid dienone is 3. The summed E-state index contributed by atoms with van der Waals surface area (Å²) < 4.78 is 16.2. The van der Waals surface area contributed by atoms with Crippen molar-refractivity contribution in [3.8, 4) is 6.07 Å². The number of carbonyl (C=O) groups is 2. The van der Waals surface area contributed by atoms with Gasteiger partial charge in [0, 0.05) is 22.5 Å². The molecule has 2 aliphatic heterocycles. The van der Waals surface area contributed by atoms with Gasteiger partial charge in [0.05, 0.1) is 17.3 Å². The van der Waals surface area contributed by atoms with Gasteiger partial charge in [-0.1, -0.05) is 25.6 Å². The Morgan fingerprint density at radius 2 is 1.93 bits per heavy atom. The van der Waals surface area contributed by atoms with Gasteiger partial charge in [0.15, 0.2) is 10.8 Å². The molecule has 6 nitrogen and oxygen atoms in total. The highest BCUT2D eigenvalue weighted by molar-refractivity contribution is 7.81. The van der Waals surface area contributed by atoms with E-state index in [0.29, 0.717) is 16.9 Å². The van der Waals surface area contributed by atoms with Crippen molar-refractivity contribution in [1.82, 2.24) is 0 Å². The molecule has 1 atom stereocenters. The second-order valence-corrected chi connectivity index (χ2v) is 11.0. The second kappa shape index (κ2) is 10.9. The molecule has 0 radical (unpaired) electrons. The number of hydrogen-bond acceptors (Lipinski definition) is 4. The molecule has 2 aliphatic rings. The van der Waals surface area contributed by atoms with Crippen LogP contribution in [0.3, 0.4) is 0 Å². The van der Waals surface area contributed by atoms with E-state index in [1.54, 1.807) is 50.8 Å². The molecule has 0 aromatic heterocycles. The molecular formula is C32H33FN4O2S. The van der Waals surface area contributed by atoms with Gasteiger partial charge >= 0.3 is 0 Å². The molecule has 0 bridgehead atoms. The lowest BCUT2D eigenvalue weighted by molar-refractivity contribution is -0.120. The van der Waals surface area contributed by atoms with Gasteiger partial charge in [-0.25, -0.2) is 9.38 Å². The van der Waals surface area contributed by atoms with Crippen LogP contribution in [0.4, 0.5) is 15.8 Å². The normalized spacial score (nSPS) is 18.6. The van der Waals surface area contributed by atoms with Crippen molar-refractivity contribution < 1.29 is 14.0 Å². The number of fused-ring (bicyclic) bond motifs is 1. The fraction of sp³-hybridized carbons (Fsp3) is 0.344. The number of halogens is 1. The van der Waals surface area contributed by atoms with E-state index in [-0.39, 0.29) is 33.6 Å². The number of rotatable bonds is 6. The predicted octanol–water partition coefficient (Wildman–Crippen LogP) is 7.12. The Labute approximate surface area is 240 Å². The number of anilines is 2. The number of thiocarbonyl (C=S) groups is 1. The first-order valence-electron chi connectivity index (χ1n) is 13.4. The number of nitrogens with zero attached hydrogens (tertiary/aromatic N) is 4. The first kappa shape index (κ1) is 29.0. The van der Waals surface area contributed by atoms with Gasteiger partial charge in [-0.2, -0.15) is 5.26 Å². The summed E-state index contributed by atoms with van der Waals surface area (Å²) in [6.45, 7) is 12.6. The molecule has 4 rings (SSSR count). The Balaban J connectivity index is 1.82. The zero-order chi connectivity index (χ0) is 29.4. The third-order valence-corrected chi connectivity index (χ3v) is 7.99. The summed E-state index contributed by atoms with van der Waals surface area (Å²) >= 11 is 5.85. The summed E-state index contributed by atoms with van der Waals surface area (Å²) in [6.07, 6.45) is 6.08. The highest BCUT2D eigenvalue weighted by Crippen LogP contribution is 2.42. The number of aliphatic imine (C=N–C) groups is 1. The minimum atomic E-state index is -2.11. The molecule has 206 valence electrons. The van der Waals surface area contributed by atoms with Gasteiger partial charge < -0.3 is 4.90 Å². The van der Waals surface area contributed by atoms with Crippen molar-refractivity contribution in [2.45, 2.75) is 71.5 Å². The van der Waals surface area contributed by atoms with Crippen LogP contribution in [0, 0.1) is 11.3 Å². The van der Waals surface area contributed by atoms with Gasteiger partial charge in [-0.3, -0.25) is 14.5 Å². The molecule has 1 fully saturated rings. The van der Waals surface area contributed by atoms with Gasteiger partial charge in [-0.05, 0) is 113 Å². The third-order valence-electron chi connectivity index (χ3n) is 7.62. The van der Waals surface area contributed by atoms with E-state index in [1.807, 2.05) is 19.1 Å². The topological polar surface area (TPSA) is 76.8 Å². The lowest BCUT2D eigenvalue weighted by Crippen LogP contribution is -2.44. The summed E-state index contributed by atoms with van der Waals surface area (Å²) in [5.41, 5.74) is 0.443. The fourth-order valence-corrected chi connectivity index (χ4v) is 5.86. The average molecular weight is 557 g/mol. The smallest absolute Gasteiger partial charge is 0.277 e. The first-order chi connectivity index (χ1) is 18.9. The van der Waals surface area contributed by atoms with Crippen molar-refractivity contribution in [2.75, 3.05) is 9.80 Å². The lowest BCUT2D eigenvalue weighted by Gasteiger charge is -2.30. The summed E-state index contributed by atoms with van der Waals surface area (Å²) in [5, 5.41) is 9.92. The average Bonchev–Trinajstić information content (AvgIpc) is 3.09. The maximum Gasteiger partial charge on any atom is 0.277 e. The third kappa shape index (κ3) is 4.79. The Morgan fingerprint density at radius 1 is 1.23 bits per heavy atom. The molecule has 0 aliphatic carbocycles. The highest BCUT2D eigenvalue weighted by atomic mass is 32.1. The second-order valence-electron chi connectivity index (χ2n) is 10.7. The van der Waals surface area contributed by atoms with Crippen LogP contribution in [0.5, 0.6) is 0 Å². The van der Waals surface area contributed by atoms with Crippen LogP contribution in [-0.2, 0) is 16.9 Å². The molecule has 0 spiro atoms. The fourth-order valence-electron chi connectivity index (χ4n) is 5.34. The van der Waals surface area contributed by atoms with Crippen molar-refractivity contribution in [1.29, 1.82) is 5.26 Å². The standard InChI is InChI=1S/C32H33FN4O2S/c1-7-16-32(33,20(3)4)27-18-24(14-13-22(27)19-34)36-29(39)31(5,6)37(30(36)40)25-15-12-21-10-9-11-23(8-2)35-28(38)26(21)17-25/h7,12-18H,3,8-11H2,1-2,4-6H3/b16-7+,35-23?. The number of alkyl halides is 1. The Morgan fingerprint density at radius 3 is 2.55 bits per heavy atom. The molecule has 2 amide bonds. The van der Waals surface area contributed by atoms with Gasteiger partial charge in [0.2, 0.25) is 0 Å². The molecule has 0 saturated carbocycles. The molecule has 1 unspecified atom stereocenters. The van der Waals surface area contributed by atoms with E-state index in [4.69, 9.17) is 12.2 Å². The van der Waals surface area contributed by atoms with Crippen LogP contribution in [0.1, 0.15) is 80.9 Å². The van der Waals surface area contributed by atoms with Crippen LogP contribution in [0.25, 0.3) is 0 Å². The van der Waals surface area contributed by atoms with Crippen molar-refractivity contribution in [3.63, 3.8) is 0 Å². The van der Waals surface area contributed by atoms with E-state index in [1.165, 1.54) is 23.1 Å². The lowest BCUT2D eigenvalue weighted by atomic mass is 9.85. The van der Waals surface area contributed by atoms with Crippen LogP contribution in [0.15, 0.2) is 65.7 Å². The SMILES string of the molecule is C=C(C)C(F)(/C=C/C)c1cc(N2C(=O)C(C)(C)N(c3ccc4c(c3)C(=O)N=C(CC)CCC4)C2=S)ccc1C#N. The van der Waals surface area contributed by atoms with Gasteiger partial charge in [-0.15, -0.1) is 0 Å². The zero-order valence-corrected chi connectivity index (χ0v) is 24.4. The highest BCUT2D eigenvalue weighted by Gasteiger charge is 2.50. The van der Waals surface area contributed by atoms with Crippen molar-refractivity contribution >= 4 is 46.2 Å². The molecule has 1 saturated heterocycles. The van der Waals surface area contributed by atoms with E-state index < -0.39 is 11.2 Å². The summed E-state index contributed by atoms with van der Waals surface area (Å²) in [4.78, 5) is 34.4. The number of benzene rings is 2. The number of carbonyl (C=O) groups excluding carboxylic acids is 2. The van der Waals surface area contributed by atoms with E-state index in [9.17, 15) is 14.9 Å². The largest absolute Gasteiger partial charge is 0.304 e. The Bertz CT molecular complexity index is 1530. The number of aryl methyl sites for hydroxylation is 1. The van der Waals surface area contributed by atoms with Crippen LogP contribution in [0.2, 0.25) is 0 Å². The Hall–Kier alpha value is -3.96. The quantitative estimate of drug-likeness (QED) is 0.280. The Kier molecular flexibility index (Phi) is 7.91. The molecule has 40 heavy (non-hydrogen) atoms. The van der Waals surface area contributed by atoms with E-state index in [2.05, 4.69) is 17.6 Å². The monoisotopic (exact) mass is 556 g/mol. The zero-order valence-electron chi connectivity index (χ0n) is 23.5. The van der Waals surface area contributed by atoms with Crippen molar-refractivity contribution in [2.24, 2.45) is 4.99 Å². The summed E-state index contributed by atoms with van der Waals surface area (Å²) in [6, 6.07) is 12.1. The van der Waals surface area contributed by atoms with E-state index in [0.717, 1.165) is 37.0 Å². The maximum absolute atomic E-state index is 16.2. The molecule has 8 heteroatoms. The predicted molar refractivity (Wildman–Crippen MR) is 162 cm³/mol. The number of hydrogen-bond donors (Lipinski definition) is 0. The molecular weight excluding hydrogens is 523 g/mol. The molecule has 0 N–H and O–H groups in total. The summed E-state index contributed by atoms with van der Waals surface area (Å²) in [5.74, 6) is -0.609. The van der Waals surface area contributed by atoms with Crippen LogP contribution < -0.4 is 9.80 Å². The van der Waals surface area contributed by atoms with Gasteiger partial charge in [0.1, 0.15) is 5.54 Å². The summed E-state index contributed by atoms with van der Waals surface area (Å²) in [7, 11) is 0. The van der Waals surface area contributed by atoms with Crippen molar-refractivity contribution in [3.05, 3.63) is 83.0 Å². The van der Waals surface area contributed by atoms with E-state index >= 15 is 4.39 Å². The number of amides is 2. The minimum Gasteiger partial charge on any atom is -0.304 e. The van der Waals surface area contributed by atoms with Crippen LogP contribution in [-0.4, -0.2) is 28.2 Å². The van der Waals surface area contributed by atoms with Crippen LogP contribution >= 0.6 is 12.2 Å². The first-order valence-corrected chi connectivity index (χ1v) is 13.8. The van der Waals surface area contributed by atoms with Gasteiger partial charge in [0.25, 0.3) is 11.8 Å². The maximum atomic E-state index is 16.2. The molecule has 2 aromatic rings. The minimum absolute atomic E-state index is 0.0845. The number of nitriles is 1.